The molecule has 8 heteroatoms. The molecular weight excluding hydrogens is 367 g/mol. The number of carbonyl (C=O) groups excluding carboxylic acids is 1. The van der Waals surface area contributed by atoms with Gasteiger partial charge in [0.05, 0.1) is 18.7 Å². The highest BCUT2D eigenvalue weighted by atomic mass is 35.5. The molecule has 0 saturated carbocycles. The third-order valence-electron chi connectivity index (χ3n) is 4.44. The van der Waals surface area contributed by atoms with Gasteiger partial charge in [-0.05, 0) is 37.3 Å². The summed E-state index contributed by atoms with van der Waals surface area (Å²) in [5, 5.41) is 0.0547. The fourth-order valence-corrected chi connectivity index (χ4v) is 3.25. The van der Waals surface area contributed by atoms with E-state index in [0.29, 0.717) is 37.6 Å². The zero-order valence-electron chi connectivity index (χ0n) is 14.1. The van der Waals surface area contributed by atoms with Gasteiger partial charge in [0, 0.05) is 11.3 Å². The Bertz CT molecular complexity index is 800. The summed E-state index contributed by atoms with van der Waals surface area (Å²) < 4.78 is 38.2. The van der Waals surface area contributed by atoms with Crippen LogP contribution in [0.15, 0.2) is 36.5 Å². The number of ketones is 1. The molecule has 1 aromatic heterocycles. The van der Waals surface area contributed by atoms with E-state index in [2.05, 4.69) is 9.88 Å². The molecule has 1 aliphatic heterocycles. The Morgan fingerprint density at radius 2 is 1.65 bits per heavy atom. The summed E-state index contributed by atoms with van der Waals surface area (Å²) in [5.74, 6) is 0.514. The average molecular weight is 385 g/mol. The molecule has 0 amide bonds. The summed E-state index contributed by atoms with van der Waals surface area (Å²) in [4.78, 5) is 18.1. The highest BCUT2D eigenvalue weighted by molar-refractivity contribution is 6.32. The van der Waals surface area contributed by atoms with Crippen LogP contribution >= 0.6 is 11.6 Å². The molecule has 0 unspecified atom stereocenters. The SMILES string of the molecule is CC(=O)c1ccc(N2CCN(c3[nH+]cc(C(F)(F)F)cc3Cl)CC2)cc1. The summed E-state index contributed by atoms with van der Waals surface area (Å²) in [6.07, 6.45) is -3.49. The molecule has 0 atom stereocenters. The van der Waals surface area contributed by atoms with E-state index in [1.54, 1.807) is 12.1 Å². The quantitative estimate of drug-likeness (QED) is 0.757. The number of pyridine rings is 1. The number of piperazine rings is 1. The first-order chi connectivity index (χ1) is 12.3. The van der Waals surface area contributed by atoms with E-state index in [4.69, 9.17) is 11.6 Å². The van der Waals surface area contributed by atoms with Crippen LogP contribution in [0, 0.1) is 0 Å². The molecule has 1 N–H and O–H groups in total. The number of alkyl halides is 3. The number of aromatic nitrogens is 1. The number of carbonyl (C=O) groups is 1. The largest absolute Gasteiger partial charge is 0.419 e. The van der Waals surface area contributed by atoms with Crippen molar-refractivity contribution in [3.05, 3.63) is 52.7 Å². The van der Waals surface area contributed by atoms with Gasteiger partial charge < -0.3 is 4.90 Å². The summed E-state index contributed by atoms with van der Waals surface area (Å²) in [6, 6.07) is 8.35. The molecule has 0 radical (unpaired) electrons. The minimum absolute atomic E-state index is 0.0221. The lowest BCUT2D eigenvalue weighted by atomic mass is 10.1. The van der Waals surface area contributed by atoms with E-state index in [1.165, 1.54) is 6.92 Å². The summed E-state index contributed by atoms with van der Waals surface area (Å²) in [7, 11) is 0. The lowest BCUT2D eigenvalue weighted by Crippen LogP contribution is -2.48. The molecular formula is C18H18ClF3N3O+. The van der Waals surface area contributed by atoms with Gasteiger partial charge in [-0.2, -0.15) is 13.2 Å². The highest BCUT2D eigenvalue weighted by Gasteiger charge is 2.34. The van der Waals surface area contributed by atoms with Gasteiger partial charge in [-0.1, -0.05) is 11.6 Å². The third kappa shape index (κ3) is 3.93. The van der Waals surface area contributed by atoms with Crippen molar-refractivity contribution in [2.24, 2.45) is 0 Å². The van der Waals surface area contributed by atoms with Crippen molar-refractivity contribution in [3.8, 4) is 0 Å². The number of hydrogen-bond donors (Lipinski definition) is 0. The molecule has 26 heavy (non-hydrogen) atoms. The number of nitrogens with one attached hydrogen (secondary N) is 1. The summed E-state index contributed by atoms with van der Waals surface area (Å²) >= 11 is 6.05. The Hall–Kier alpha value is -2.28. The molecule has 1 aromatic carbocycles. The van der Waals surface area contributed by atoms with Crippen LogP contribution in [0.25, 0.3) is 0 Å². The minimum Gasteiger partial charge on any atom is -0.364 e. The molecule has 138 valence electrons. The van der Waals surface area contributed by atoms with Crippen LogP contribution in [0.5, 0.6) is 0 Å². The van der Waals surface area contributed by atoms with Crippen LogP contribution in [0.4, 0.5) is 24.7 Å². The summed E-state index contributed by atoms with van der Waals surface area (Å²) in [6.45, 7) is 4.17. The van der Waals surface area contributed by atoms with E-state index in [9.17, 15) is 18.0 Å². The fraction of sp³-hybridized carbons (Fsp3) is 0.333. The summed E-state index contributed by atoms with van der Waals surface area (Å²) in [5.41, 5.74) is 0.881. The Labute approximate surface area is 154 Å². The van der Waals surface area contributed by atoms with Crippen LogP contribution in [0.2, 0.25) is 5.02 Å². The first-order valence-corrected chi connectivity index (χ1v) is 8.53. The van der Waals surface area contributed by atoms with Crippen molar-refractivity contribution in [1.82, 2.24) is 0 Å². The molecule has 2 heterocycles. The monoisotopic (exact) mass is 384 g/mol. The van der Waals surface area contributed by atoms with Gasteiger partial charge in [-0.3, -0.25) is 9.69 Å². The lowest BCUT2D eigenvalue weighted by Gasteiger charge is -2.32. The van der Waals surface area contributed by atoms with E-state index < -0.39 is 11.7 Å². The van der Waals surface area contributed by atoms with Crippen LogP contribution in [-0.2, 0) is 6.18 Å². The van der Waals surface area contributed by atoms with Crippen molar-refractivity contribution >= 4 is 28.9 Å². The Kier molecular flexibility index (Phi) is 5.09. The second-order valence-corrected chi connectivity index (χ2v) is 6.57. The Balaban J connectivity index is 1.67. The predicted molar refractivity (Wildman–Crippen MR) is 93.9 cm³/mol. The van der Waals surface area contributed by atoms with Gasteiger partial charge in [0.1, 0.15) is 24.3 Å². The van der Waals surface area contributed by atoms with Crippen LogP contribution < -0.4 is 14.8 Å². The Morgan fingerprint density at radius 1 is 1.08 bits per heavy atom. The number of nitrogens with zero attached hydrogens (tertiary/aromatic N) is 2. The smallest absolute Gasteiger partial charge is 0.364 e. The normalized spacial score (nSPS) is 15.3. The molecule has 1 fully saturated rings. The maximum Gasteiger partial charge on any atom is 0.419 e. The topological polar surface area (TPSA) is 37.7 Å². The van der Waals surface area contributed by atoms with Gasteiger partial charge in [0.15, 0.2) is 5.78 Å². The highest BCUT2D eigenvalue weighted by Crippen LogP contribution is 2.32. The van der Waals surface area contributed by atoms with Crippen molar-refractivity contribution in [3.63, 3.8) is 0 Å². The van der Waals surface area contributed by atoms with Gasteiger partial charge in [-0.25, -0.2) is 4.98 Å². The lowest BCUT2D eigenvalue weighted by molar-refractivity contribution is -0.367. The molecule has 1 saturated heterocycles. The second-order valence-electron chi connectivity index (χ2n) is 6.16. The Morgan fingerprint density at radius 3 is 2.15 bits per heavy atom. The van der Waals surface area contributed by atoms with Crippen molar-refractivity contribution < 1.29 is 22.9 Å². The van der Waals surface area contributed by atoms with Gasteiger partial charge in [0.25, 0.3) is 5.82 Å². The van der Waals surface area contributed by atoms with Crippen LogP contribution in [-0.4, -0.2) is 32.0 Å². The number of rotatable bonds is 3. The first-order valence-electron chi connectivity index (χ1n) is 8.15. The molecule has 2 aromatic rings. The van der Waals surface area contributed by atoms with E-state index in [1.807, 2.05) is 17.0 Å². The van der Waals surface area contributed by atoms with Gasteiger partial charge in [-0.15, -0.1) is 0 Å². The van der Waals surface area contributed by atoms with Crippen molar-refractivity contribution in [2.45, 2.75) is 13.1 Å². The zero-order valence-corrected chi connectivity index (χ0v) is 14.9. The predicted octanol–water partition coefficient (Wildman–Crippen LogP) is 3.70. The molecule has 0 spiro atoms. The number of hydrogen-bond acceptors (Lipinski definition) is 3. The average Bonchev–Trinajstić information content (AvgIpc) is 2.61. The number of H-pyrrole nitrogens is 1. The van der Waals surface area contributed by atoms with E-state index in [-0.39, 0.29) is 10.8 Å². The number of aromatic amines is 1. The molecule has 3 rings (SSSR count). The van der Waals surface area contributed by atoms with E-state index >= 15 is 0 Å². The molecule has 0 aliphatic carbocycles. The minimum atomic E-state index is -4.43. The molecule has 1 aliphatic rings. The standard InChI is InChI=1S/C18H17ClF3N3O/c1-12(26)13-2-4-15(5-3-13)24-6-8-25(9-7-24)17-16(19)10-14(11-23-17)18(20,21)22/h2-5,10-11H,6-9H2,1H3/p+1. The number of halogens is 4. The first kappa shape index (κ1) is 18.5. The number of benzene rings is 1. The number of anilines is 2. The van der Waals surface area contributed by atoms with Gasteiger partial charge in [0.2, 0.25) is 0 Å². The maximum atomic E-state index is 12.7. The van der Waals surface area contributed by atoms with Crippen LogP contribution in [0.1, 0.15) is 22.8 Å². The maximum absolute atomic E-state index is 12.7. The van der Waals surface area contributed by atoms with Gasteiger partial charge >= 0.3 is 6.18 Å². The zero-order chi connectivity index (χ0) is 18.9. The fourth-order valence-electron chi connectivity index (χ4n) is 2.96. The molecule has 4 nitrogen and oxygen atoms in total. The van der Waals surface area contributed by atoms with Crippen LogP contribution in [0.3, 0.4) is 0 Å². The number of Topliss-reactive ketones (excluding diaryl/α,β-unsaturated/α-hetero) is 1. The second kappa shape index (κ2) is 7.15. The van der Waals surface area contributed by atoms with E-state index in [0.717, 1.165) is 18.0 Å². The molecule has 0 bridgehead atoms. The third-order valence-corrected chi connectivity index (χ3v) is 4.72. The van der Waals surface area contributed by atoms with Crippen molar-refractivity contribution in [2.75, 3.05) is 36.0 Å². The van der Waals surface area contributed by atoms with Crippen molar-refractivity contribution in [1.29, 1.82) is 0 Å².